The number of carbonyl (C=O) groups excluding carboxylic acids is 2. The van der Waals surface area contributed by atoms with Crippen molar-refractivity contribution >= 4 is 19.8 Å². The number of ether oxygens (including phenoxy) is 2. The Hall–Kier alpha value is -3.59. The topological polar surface area (TPSA) is 111 Å². The van der Waals surface area contributed by atoms with Gasteiger partial charge < -0.3 is 27.9 Å². The van der Waals surface area contributed by atoms with Crippen molar-refractivity contribution in [2.75, 3.05) is 47.5 Å². The number of hydrogen-bond acceptors (Lipinski definition) is 8. The highest BCUT2D eigenvalue weighted by molar-refractivity contribution is 7.45. The van der Waals surface area contributed by atoms with Crippen LogP contribution in [-0.2, 0) is 32.7 Å². The highest BCUT2D eigenvalue weighted by atomic mass is 31.2. The van der Waals surface area contributed by atoms with Gasteiger partial charge in [0.25, 0.3) is 7.82 Å². The zero-order chi connectivity index (χ0) is 54.2. The summed E-state index contributed by atoms with van der Waals surface area (Å²) >= 11 is 0. The average molecular weight is 1050 g/mol. The SMILES string of the molecule is CC/C=C\C/C=C\C/C=C\C/C=C\C/C=C\C/C=C\C/C=C\C/C=C\C/C=C\CCCC(=O)OC(COC(=O)CCCCCCCCCCC/C=C\CCCCCCCCCC)COP(=O)([O-])OCC[N+](C)(C)C. The van der Waals surface area contributed by atoms with Gasteiger partial charge in [-0.05, 0) is 103 Å². The molecule has 0 aliphatic heterocycles. The normalized spacial score (nSPS) is 14.2. The Kier molecular flexibility index (Phi) is 51.6. The van der Waals surface area contributed by atoms with E-state index in [4.69, 9.17) is 18.5 Å². The predicted molar refractivity (Wildman–Crippen MR) is 314 cm³/mol. The fourth-order valence-corrected chi connectivity index (χ4v) is 8.20. The van der Waals surface area contributed by atoms with Gasteiger partial charge in [-0.1, -0.05) is 225 Å². The van der Waals surface area contributed by atoms with Crippen molar-refractivity contribution in [2.24, 2.45) is 0 Å². The summed E-state index contributed by atoms with van der Waals surface area (Å²) in [4.78, 5) is 37.8. The van der Waals surface area contributed by atoms with E-state index in [0.29, 0.717) is 30.3 Å². The number of nitrogens with zero attached hydrogens (tertiary/aromatic N) is 1. The lowest BCUT2D eigenvalue weighted by molar-refractivity contribution is -0.870. The third kappa shape index (κ3) is 57.7. The average Bonchev–Trinajstić information content (AvgIpc) is 3.36. The molecule has 0 bridgehead atoms. The predicted octanol–water partition coefficient (Wildman–Crippen LogP) is 17.7. The first-order chi connectivity index (χ1) is 36.0. The maximum absolute atomic E-state index is 12.8. The van der Waals surface area contributed by atoms with Crippen molar-refractivity contribution < 1.29 is 42.1 Å². The van der Waals surface area contributed by atoms with Crippen LogP contribution in [0.15, 0.2) is 122 Å². The third-order valence-electron chi connectivity index (χ3n) is 12.0. The summed E-state index contributed by atoms with van der Waals surface area (Å²) in [5.41, 5.74) is 0. The van der Waals surface area contributed by atoms with E-state index in [1.165, 1.54) is 96.3 Å². The molecule has 0 saturated carbocycles. The number of phosphoric acid groups is 1. The van der Waals surface area contributed by atoms with Gasteiger partial charge in [0.2, 0.25) is 0 Å². The summed E-state index contributed by atoms with van der Waals surface area (Å²) in [5, 5.41) is 0. The van der Waals surface area contributed by atoms with Crippen molar-refractivity contribution in [2.45, 2.75) is 225 Å². The lowest BCUT2D eigenvalue weighted by atomic mass is 10.1. The molecule has 2 atom stereocenters. The smallest absolute Gasteiger partial charge is 0.306 e. The van der Waals surface area contributed by atoms with Crippen LogP contribution in [0.4, 0.5) is 0 Å². The van der Waals surface area contributed by atoms with Gasteiger partial charge in [0.15, 0.2) is 6.10 Å². The summed E-state index contributed by atoms with van der Waals surface area (Å²) in [7, 11) is 1.11. The Morgan fingerprint density at radius 1 is 0.432 bits per heavy atom. The number of quaternary nitrogens is 1. The van der Waals surface area contributed by atoms with E-state index in [1.807, 2.05) is 27.2 Å². The van der Waals surface area contributed by atoms with E-state index in [2.05, 4.69) is 129 Å². The standard InChI is InChI=1S/C64H108NO8P/c1-6-8-10-12-14-16-18-20-22-24-26-28-29-30-31-32-33-34-35-37-39-41-43-45-47-49-51-53-55-57-64(67)73-62(61-72-74(68,69)71-59-58-65(3,4)5)60-70-63(66)56-54-52-50-48-46-44-42-40-38-36-27-25-23-21-19-17-15-13-11-9-7-2/h8,10,14,16,20,22,25-28,30-31,33-34,37,39,43,45,49,51,62H,6-7,9,11-13,15,17-19,21,23-24,29,32,35-36,38,40-42,44,46-48,50,52-61H2,1-5H3/b10-8-,16-14-,22-20-,27-25-,28-26-,31-30-,34-33-,39-37-,45-43-,51-49-. The molecule has 0 saturated heterocycles. The van der Waals surface area contributed by atoms with Crippen LogP contribution in [0.1, 0.15) is 219 Å². The monoisotopic (exact) mass is 1050 g/mol. The second kappa shape index (κ2) is 54.2. The molecule has 0 heterocycles. The van der Waals surface area contributed by atoms with Crippen LogP contribution in [0.25, 0.3) is 0 Å². The molecule has 10 heteroatoms. The number of allylic oxidation sites excluding steroid dienone is 20. The van der Waals surface area contributed by atoms with Gasteiger partial charge in [0, 0.05) is 12.8 Å². The maximum Gasteiger partial charge on any atom is 0.306 e. The molecule has 0 aromatic carbocycles. The van der Waals surface area contributed by atoms with E-state index >= 15 is 0 Å². The van der Waals surface area contributed by atoms with Gasteiger partial charge >= 0.3 is 11.9 Å². The van der Waals surface area contributed by atoms with Gasteiger partial charge in [-0.25, -0.2) is 0 Å². The molecule has 9 nitrogen and oxygen atoms in total. The van der Waals surface area contributed by atoms with Crippen LogP contribution in [0, 0.1) is 0 Å². The first-order valence-corrected chi connectivity index (χ1v) is 30.7. The van der Waals surface area contributed by atoms with Crippen molar-refractivity contribution in [3.05, 3.63) is 122 Å². The molecule has 2 unspecified atom stereocenters. The molecule has 0 aromatic heterocycles. The Labute approximate surface area is 454 Å². The molecule has 422 valence electrons. The van der Waals surface area contributed by atoms with Crippen LogP contribution in [-0.4, -0.2) is 70.0 Å². The molecule has 74 heavy (non-hydrogen) atoms. The minimum atomic E-state index is -4.66. The van der Waals surface area contributed by atoms with Gasteiger partial charge in [0.05, 0.1) is 27.7 Å². The van der Waals surface area contributed by atoms with Gasteiger partial charge in [-0.2, -0.15) is 0 Å². The third-order valence-corrected chi connectivity index (χ3v) is 12.9. The largest absolute Gasteiger partial charge is 0.756 e. The van der Waals surface area contributed by atoms with Crippen LogP contribution in [0.2, 0.25) is 0 Å². The van der Waals surface area contributed by atoms with Crippen LogP contribution in [0.5, 0.6) is 0 Å². The lowest BCUT2D eigenvalue weighted by Crippen LogP contribution is -2.37. The van der Waals surface area contributed by atoms with Crippen LogP contribution >= 0.6 is 7.82 Å². The Balaban J connectivity index is 4.33. The number of unbranched alkanes of at least 4 members (excludes halogenated alkanes) is 18. The van der Waals surface area contributed by atoms with E-state index in [0.717, 1.165) is 77.0 Å². The summed E-state index contributed by atoms with van der Waals surface area (Å²) < 4.78 is 34.1. The maximum atomic E-state index is 12.8. The molecular weight excluding hydrogens is 942 g/mol. The number of hydrogen-bond donors (Lipinski definition) is 0. The summed E-state index contributed by atoms with van der Waals surface area (Å²) in [5.74, 6) is -0.912. The fourth-order valence-electron chi connectivity index (χ4n) is 7.47. The number of rotatable bonds is 52. The molecule has 0 aliphatic carbocycles. The quantitative estimate of drug-likeness (QED) is 0.0195. The molecule has 0 rings (SSSR count). The van der Waals surface area contributed by atoms with E-state index in [1.54, 1.807) is 0 Å². The molecule has 0 fully saturated rings. The molecule has 0 N–H and O–H groups in total. The van der Waals surface area contributed by atoms with Crippen molar-refractivity contribution in [1.29, 1.82) is 0 Å². The van der Waals surface area contributed by atoms with Crippen molar-refractivity contribution in [3.63, 3.8) is 0 Å². The minimum Gasteiger partial charge on any atom is -0.756 e. The Bertz CT molecular complexity index is 1660. The van der Waals surface area contributed by atoms with E-state index in [-0.39, 0.29) is 26.1 Å². The van der Waals surface area contributed by atoms with Gasteiger partial charge in [0.1, 0.15) is 19.8 Å². The van der Waals surface area contributed by atoms with Gasteiger partial charge in [-0.15, -0.1) is 0 Å². The van der Waals surface area contributed by atoms with E-state index < -0.39 is 32.5 Å². The van der Waals surface area contributed by atoms with Crippen molar-refractivity contribution in [3.8, 4) is 0 Å². The second-order valence-corrected chi connectivity index (χ2v) is 21.7. The molecular formula is C64H108NO8P. The van der Waals surface area contributed by atoms with Crippen LogP contribution < -0.4 is 4.89 Å². The first-order valence-electron chi connectivity index (χ1n) is 29.2. The molecule has 0 aliphatic rings. The molecule has 0 radical (unpaired) electrons. The minimum absolute atomic E-state index is 0.0485. The fraction of sp³-hybridized carbons (Fsp3) is 0.656. The molecule has 0 aromatic rings. The Morgan fingerprint density at radius 2 is 0.784 bits per heavy atom. The first kappa shape index (κ1) is 70.4. The number of carbonyl (C=O) groups is 2. The van der Waals surface area contributed by atoms with Gasteiger partial charge in [-0.3, -0.25) is 14.2 Å². The Morgan fingerprint density at radius 3 is 1.20 bits per heavy atom. The number of phosphoric ester groups is 1. The zero-order valence-electron chi connectivity index (χ0n) is 47.7. The second-order valence-electron chi connectivity index (χ2n) is 20.3. The highest BCUT2D eigenvalue weighted by Crippen LogP contribution is 2.38. The summed E-state index contributed by atoms with van der Waals surface area (Å²) in [6, 6.07) is 0. The lowest BCUT2D eigenvalue weighted by Gasteiger charge is -2.28. The van der Waals surface area contributed by atoms with Crippen LogP contribution in [0.3, 0.4) is 0 Å². The summed E-state index contributed by atoms with van der Waals surface area (Å²) in [6.07, 6.45) is 76.8. The van der Waals surface area contributed by atoms with Crippen molar-refractivity contribution in [1.82, 2.24) is 0 Å². The zero-order valence-corrected chi connectivity index (χ0v) is 48.6. The molecule has 0 spiro atoms. The number of esters is 2. The number of likely N-dealkylation sites (N-methyl/N-ethyl adjacent to an activating group) is 1. The molecule has 0 amide bonds. The van der Waals surface area contributed by atoms with E-state index in [9.17, 15) is 19.0 Å². The summed E-state index contributed by atoms with van der Waals surface area (Å²) in [6.45, 7) is 4.05. The highest BCUT2D eigenvalue weighted by Gasteiger charge is 2.21.